The Balaban J connectivity index is 2.34. The molecular weight excluding hydrogens is 214 g/mol. The Labute approximate surface area is 101 Å². The number of methoxy groups -OCH3 is 1. The molecule has 0 aliphatic carbocycles. The molecule has 0 aliphatic rings. The first kappa shape index (κ1) is 11.6. The minimum Gasteiger partial charge on any atom is -0.497 e. The van der Waals surface area contributed by atoms with E-state index >= 15 is 0 Å². The summed E-state index contributed by atoms with van der Waals surface area (Å²) in [7, 11) is 1.63. The molecular formula is C14H15NO2. The number of aliphatic hydroxyl groups is 1. The van der Waals surface area contributed by atoms with Crippen LogP contribution < -0.4 is 4.74 Å². The Morgan fingerprint density at radius 3 is 2.65 bits per heavy atom. The van der Waals surface area contributed by atoms with Crippen molar-refractivity contribution in [2.75, 3.05) is 7.11 Å². The quantitative estimate of drug-likeness (QED) is 0.879. The number of hydrogen-bond donors (Lipinski definition) is 1. The average molecular weight is 229 g/mol. The molecule has 0 amide bonds. The molecule has 0 saturated carbocycles. The molecule has 2 aromatic rings. The van der Waals surface area contributed by atoms with Crippen LogP contribution in [-0.4, -0.2) is 17.2 Å². The monoisotopic (exact) mass is 229 g/mol. The summed E-state index contributed by atoms with van der Waals surface area (Å²) in [5.74, 6) is 0.791. The van der Waals surface area contributed by atoms with Crippen LogP contribution in [0.3, 0.4) is 0 Å². The minimum atomic E-state index is -0.692. The van der Waals surface area contributed by atoms with Crippen molar-refractivity contribution in [3.63, 3.8) is 0 Å². The van der Waals surface area contributed by atoms with Crippen molar-refractivity contribution in [3.05, 3.63) is 59.4 Å². The zero-order chi connectivity index (χ0) is 12.3. The van der Waals surface area contributed by atoms with Crippen LogP contribution in [0.25, 0.3) is 0 Å². The maximum Gasteiger partial charge on any atom is 0.121 e. The van der Waals surface area contributed by atoms with Gasteiger partial charge < -0.3 is 9.84 Å². The third kappa shape index (κ3) is 2.45. The van der Waals surface area contributed by atoms with Crippen molar-refractivity contribution in [2.45, 2.75) is 13.0 Å². The predicted octanol–water partition coefficient (Wildman–Crippen LogP) is 2.48. The van der Waals surface area contributed by atoms with Crippen molar-refractivity contribution in [3.8, 4) is 5.75 Å². The lowest BCUT2D eigenvalue weighted by Crippen LogP contribution is -2.04. The zero-order valence-corrected chi connectivity index (χ0v) is 9.92. The Morgan fingerprint density at radius 2 is 2.06 bits per heavy atom. The maximum absolute atomic E-state index is 10.2. The van der Waals surface area contributed by atoms with Crippen molar-refractivity contribution >= 4 is 0 Å². The van der Waals surface area contributed by atoms with Gasteiger partial charge in [-0.25, -0.2) is 0 Å². The van der Waals surface area contributed by atoms with E-state index in [0.717, 1.165) is 16.9 Å². The summed E-state index contributed by atoms with van der Waals surface area (Å²) in [6.45, 7) is 1.95. The van der Waals surface area contributed by atoms with Crippen molar-refractivity contribution in [1.29, 1.82) is 0 Å². The van der Waals surface area contributed by atoms with Gasteiger partial charge in [-0.2, -0.15) is 0 Å². The van der Waals surface area contributed by atoms with Crippen LogP contribution in [0, 0.1) is 6.92 Å². The normalized spacial score (nSPS) is 12.2. The summed E-state index contributed by atoms with van der Waals surface area (Å²) < 4.78 is 5.14. The molecule has 1 atom stereocenters. The lowest BCUT2D eigenvalue weighted by Gasteiger charge is -2.14. The van der Waals surface area contributed by atoms with Gasteiger partial charge in [0, 0.05) is 6.20 Å². The minimum absolute atomic E-state index is 0.653. The van der Waals surface area contributed by atoms with Gasteiger partial charge in [-0.1, -0.05) is 12.1 Å². The number of aliphatic hydroxyl groups excluding tert-OH is 1. The fourth-order valence-electron chi connectivity index (χ4n) is 1.78. The highest BCUT2D eigenvalue weighted by atomic mass is 16.5. The number of pyridine rings is 1. The molecule has 1 heterocycles. The molecule has 88 valence electrons. The van der Waals surface area contributed by atoms with Crippen LogP contribution in [0.1, 0.15) is 22.9 Å². The van der Waals surface area contributed by atoms with Gasteiger partial charge in [0.2, 0.25) is 0 Å². The second kappa shape index (κ2) is 4.97. The molecule has 3 nitrogen and oxygen atoms in total. The van der Waals surface area contributed by atoms with Crippen LogP contribution >= 0.6 is 0 Å². The highest BCUT2D eigenvalue weighted by molar-refractivity contribution is 5.38. The van der Waals surface area contributed by atoms with E-state index < -0.39 is 6.10 Å². The molecule has 2 rings (SSSR count). The Hall–Kier alpha value is -1.87. The standard InChI is InChI=1S/C14H15NO2/c1-10-9-11(17-2)6-7-12(10)14(16)13-5-3-4-8-15-13/h3-9,14,16H,1-2H3. The number of rotatable bonds is 3. The van der Waals surface area contributed by atoms with E-state index in [4.69, 9.17) is 4.74 Å². The molecule has 1 unspecified atom stereocenters. The molecule has 0 aliphatic heterocycles. The predicted molar refractivity (Wildman–Crippen MR) is 66.0 cm³/mol. The average Bonchev–Trinajstić information content (AvgIpc) is 2.39. The van der Waals surface area contributed by atoms with E-state index in [2.05, 4.69) is 4.98 Å². The van der Waals surface area contributed by atoms with Gasteiger partial charge in [-0.3, -0.25) is 4.98 Å². The topological polar surface area (TPSA) is 42.4 Å². The number of aromatic nitrogens is 1. The summed E-state index contributed by atoms with van der Waals surface area (Å²) in [6, 6.07) is 11.1. The maximum atomic E-state index is 10.2. The second-order valence-corrected chi connectivity index (χ2v) is 3.88. The smallest absolute Gasteiger partial charge is 0.121 e. The Kier molecular flexibility index (Phi) is 3.40. The fourth-order valence-corrected chi connectivity index (χ4v) is 1.78. The van der Waals surface area contributed by atoms with E-state index in [1.807, 2.05) is 43.3 Å². The largest absolute Gasteiger partial charge is 0.497 e. The third-order valence-electron chi connectivity index (χ3n) is 2.74. The summed E-state index contributed by atoms with van der Waals surface area (Å²) in [5, 5.41) is 10.2. The first-order chi connectivity index (χ1) is 8.22. The Morgan fingerprint density at radius 1 is 1.24 bits per heavy atom. The Bertz CT molecular complexity index is 497. The summed E-state index contributed by atoms with van der Waals surface area (Å²) >= 11 is 0. The zero-order valence-electron chi connectivity index (χ0n) is 9.92. The highest BCUT2D eigenvalue weighted by Gasteiger charge is 2.13. The number of nitrogens with zero attached hydrogens (tertiary/aromatic N) is 1. The first-order valence-corrected chi connectivity index (χ1v) is 5.46. The van der Waals surface area contributed by atoms with Gasteiger partial charge in [0.15, 0.2) is 0 Å². The molecule has 0 fully saturated rings. The van der Waals surface area contributed by atoms with Crippen LogP contribution in [0.15, 0.2) is 42.6 Å². The first-order valence-electron chi connectivity index (χ1n) is 5.46. The van der Waals surface area contributed by atoms with E-state index in [0.29, 0.717) is 5.69 Å². The highest BCUT2D eigenvalue weighted by Crippen LogP contribution is 2.26. The molecule has 0 radical (unpaired) electrons. The molecule has 0 bridgehead atoms. The molecule has 1 N–H and O–H groups in total. The SMILES string of the molecule is COc1ccc(C(O)c2ccccn2)c(C)c1. The molecule has 0 spiro atoms. The van der Waals surface area contributed by atoms with Crippen LogP contribution in [0.5, 0.6) is 5.75 Å². The lowest BCUT2D eigenvalue weighted by atomic mass is 10.0. The van der Waals surface area contributed by atoms with E-state index in [9.17, 15) is 5.11 Å². The lowest BCUT2D eigenvalue weighted by molar-refractivity contribution is 0.214. The molecule has 0 saturated heterocycles. The van der Waals surface area contributed by atoms with E-state index in [1.165, 1.54) is 0 Å². The van der Waals surface area contributed by atoms with E-state index in [1.54, 1.807) is 13.3 Å². The van der Waals surface area contributed by atoms with Crippen molar-refractivity contribution in [2.24, 2.45) is 0 Å². The summed E-state index contributed by atoms with van der Waals surface area (Å²) in [4.78, 5) is 4.16. The van der Waals surface area contributed by atoms with Crippen LogP contribution in [0.2, 0.25) is 0 Å². The number of benzene rings is 1. The van der Waals surface area contributed by atoms with Gasteiger partial charge in [-0.15, -0.1) is 0 Å². The van der Waals surface area contributed by atoms with Gasteiger partial charge >= 0.3 is 0 Å². The number of ether oxygens (including phenoxy) is 1. The molecule has 17 heavy (non-hydrogen) atoms. The molecule has 3 heteroatoms. The fraction of sp³-hybridized carbons (Fsp3) is 0.214. The second-order valence-electron chi connectivity index (χ2n) is 3.88. The van der Waals surface area contributed by atoms with Crippen LogP contribution in [0.4, 0.5) is 0 Å². The number of aryl methyl sites for hydroxylation is 1. The summed E-state index contributed by atoms with van der Waals surface area (Å²) in [5.41, 5.74) is 2.49. The van der Waals surface area contributed by atoms with Gasteiger partial charge in [0.05, 0.1) is 12.8 Å². The molecule has 1 aromatic carbocycles. The van der Waals surface area contributed by atoms with Gasteiger partial charge in [-0.05, 0) is 42.3 Å². The van der Waals surface area contributed by atoms with Crippen LogP contribution in [-0.2, 0) is 0 Å². The van der Waals surface area contributed by atoms with Crippen molar-refractivity contribution < 1.29 is 9.84 Å². The van der Waals surface area contributed by atoms with Crippen molar-refractivity contribution in [1.82, 2.24) is 4.98 Å². The summed E-state index contributed by atoms with van der Waals surface area (Å²) in [6.07, 6.45) is 0.985. The van der Waals surface area contributed by atoms with E-state index in [-0.39, 0.29) is 0 Å². The third-order valence-corrected chi connectivity index (χ3v) is 2.74. The number of hydrogen-bond acceptors (Lipinski definition) is 3. The van der Waals surface area contributed by atoms with Gasteiger partial charge in [0.25, 0.3) is 0 Å². The van der Waals surface area contributed by atoms with Gasteiger partial charge in [0.1, 0.15) is 11.9 Å². The molecule has 1 aromatic heterocycles.